The molecule has 0 spiro atoms. The molecule has 2 heterocycles. The molecule has 0 radical (unpaired) electrons. The number of rotatable bonds is 4. The Kier molecular flexibility index (Phi) is 5.56. The summed E-state index contributed by atoms with van der Waals surface area (Å²) in [6.07, 6.45) is -5.76. The molecule has 0 saturated carbocycles. The molecule has 0 amide bonds. The molecule has 0 aliphatic carbocycles. The van der Waals surface area contributed by atoms with Crippen molar-refractivity contribution in [3.63, 3.8) is 0 Å². The molecule has 2 aromatic rings. The van der Waals surface area contributed by atoms with E-state index in [-0.39, 0.29) is 34.3 Å². The van der Waals surface area contributed by atoms with Crippen molar-refractivity contribution in [2.75, 3.05) is 6.61 Å². The second-order valence-corrected chi connectivity index (χ2v) is 7.16. The maximum Gasteiger partial charge on any atom is 0.231 e. The highest BCUT2D eigenvalue weighted by atomic mass is 16.7. The number of hydrogen-bond donors (Lipinski definition) is 6. The average Bonchev–Trinajstić information content (AvgIpc) is 3.05. The van der Waals surface area contributed by atoms with Crippen molar-refractivity contribution in [3.05, 3.63) is 53.3 Å². The summed E-state index contributed by atoms with van der Waals surface area (Å²) in [6, 6.07) is 8.33. The maximum atomic E-state index is 12.6. The summed E-state index contributed by atoms with van der Waals surface area (Å²) < 4.78 is 16.4. The number of aliphatic hydroxyl groups excluding tert-OH is 4. The molecule has 164 valence electrons. The number of fused-ring (bicyclic) bond motifs is 1. The number of aliphatic hydroxyl groups is 4. The van der Waals surface area contributed by atoms with Crippen LogP contribution in [0.4, 0.5) is 0 Å². The lowest BCUT2D eigenvalue weighted by molar-refractivity contribution is -0.277. The van der Waals surface area contributed by atoms with Crippen LogP contribution in [-0.4, -0.2) is 73.7 Å². The number of carbonyl (C=O) groups is 1. The first-order chi connectivity index (χ1) is 14.8. The molecular weight excluding hydrogens is 412 g/mol. The predicted octanol–water partition coefficient (Wildman–Crippen LogP) is -0.107. The van der Waals surface area contributed by atoms with Crippen LogP contribution in [0.5, 0.6) is 23.0 Å². The topological polar surface area (TPSA) is 166 Å². The zero-order valence-corrected chi connectivity index (χ0v) is 16.0. The lowest BCUT2D eigenvalue weighted by atomic mass is 9.99. The van der Waals surface area contributed by atoms with E-state index in [9.17, 15) is 35.4 Å². The molecule has 5 atom stereocenters. The van der Waals surface area contributed by atoms with Gasteiger partial charge in [-0.05, 0) is 35.9 Å². The molecule has 2 aromatic carbocycles. The first kappa shape index (κ1) is 21.1. The smallest absolute Gasteiger partial charge is 0.231 e. The summed E-state index contributed by atoms with van der Waals surface area (Å²) in [5.41, 5.74) is 0.694. The number of benzene rings is 2. The largest absolute Gasteiger partial charge is 0.504 e. The minimum absolute atomic E-state index is 0.00919. The number of phenols is 2. The van der Waals surface area contributed by atoms with Crippen LogP contribution in [0.3, 0.4) is 0 Å². The Hall–Kier alpha value is -3.15. The summed E-state index contributed by atoms with van der Waals surface area (Å²) in [5, 5.41) is 58.0. The van der Waals surface area contributed by atoms with E-state index in [0.29, 0.717) is 5.56 Å². The van der Waals surface area contributed by atoms with Crippen LogP contribution in [0.2, 0.25) is 0 Å². The Morgan fingerprint density at radius 1 is 0.968 bits per heavy atom. The van der Waals surface area contributed by atoms with Crippen molar-refractivity contribution in [1.82, 2.24) is 0 Å². The first-order valence-electron chi connectivity index (χ1n) is 9.36. The predicted molar refractivity (Wildman–Crippen MR) is 104 cm³/mol. The van der Waals surface area contributed by atoms with Gasteiger partial charge >= 0.3 is 0 Å². The summed E-state index contributed by atoms with van der Waals surface area (Å²) in [5.74, 6) is -0.709. The molecule has 0 bridgehead atoms. The third kappa shape index (κ3) is 3.94. The minimum Gasteiger partial charge on any atom is -0.504 e. The molecule has 2 aliphatic heterocycles. The highest BCUT2D eigenvalue weighted by Gasteiger charge is 2.44. The molecule has 4 rings (SSSR count). The van der Waals surface area contributed by atoms with E-state index in [0.717, 1.165) is 0 Å². The van der Waals surface area contributed by atoms with Crippen molar-refractivity contribution in [2.24, 2.45) is 0 Å². The number of phenolic OH excluding ortho intramolecular Hbond substituents is 2. The Morgan fingerprint density at radius 2 is 1.74 bits per heavy atom. The Bertz CT molecular complexity index is 1030. The van der Waals surface area contributed by atoms with Gasteiger partial charge in [0.1, 0.15) is 35.9 Å². The fourth-order valence-electron chi connectivity index (χ4n) is 3.32. The van der Waals surface area contributed by atoms with Gasteiger partial charge in [-0.1, -0.05) is 6.07 Å². The highest BCUT2D eigenvalue weighted by molar-refractivity contribution is 6.14. The SMILES string of the molecule is O=C1C(=Cc2ccc(O)c(O)c2)Oc2cc(O[C@@H]3OC(CO)[C@@H](O)[C@H](O)C3O)ccc21. The van der Waals surface area contributed by atoms with Crippen molar-refractivity contribution >= 4 is 11.9 Å². The zero-order valence-electron chi connectivity index (χ0n) is 16.0. The molecule has 2 aliphatic rings. The van der Waals surface area contributed by atoms with E-state index in [2.05, 4.69) is 0 Å². The van der Waals surface area contributed by atoms with Gasteiger partial charge in [0.25, 0.3) is 0 Å². The second-order valence-electron chi connectivity index (χ2n) is 7.16. The zero-order chi connectivity index (χ0) is 22.3. The van der Waals surface area contributed by atoms with Crippen molar-refractivity contribution in [1.29, 1.82) is 0 Å². The lowest BCUT2D eigenvalue weighted by Gasteiger charge is -2.39. The fourth-order valence-corrected chi connectivity index (χ4v) is 3.32. The Morgan fingerprint density at radius 3 is 2.45 bits per heavy atom. The molecule has 1 saturated heterocycles. The molecular formula is C21H20O10. The molecule has 6 N–H and O–H groups in total. The van der Waals surface area contributed by atoms with Crippen molar-refractivity contribution in [3.8, 4) is 23.0 Å². The van der Waals surface area contributed by atoms with Crippen LogP contribution < -0.4 is 9.47 Å². The van der Waals surface area contributed by atoms with Gasteiger partial charge in [-0.25, -0.2) is 0 Å². The van der Waals surface area contributed by atoms with Gasteiger partial charge in [-0.2, -0.15) is 0 Å². The average molecular weight is 432 g/mol. The van der Waals surface area contributed by atoms with E-state index in [1.807, 2.05) is 0 Å². The molecule has 2 unspecified atom stereocenters. The quantitative estimate of drug-likeness (QED) is 0.283. The van der Waals surface area contributed by atoms with E-state index in [4.69, 9.17) is 14.2 Å². The van der Waals surface area contributed by atoms with E-state index in [1.54, 1.807) is 0 Å². The van der Waals surface area contributed by atoms with Gasteiger partial charge in [0, 0.05) is 6.07 Å². The molecule has 0 aromatic heterocycles. The van der Waals surface area contributed by atoms with E-state index >= 15 is 0 Å². The second kappa shape index (κ2) is 8.17. The normalized spacial score (nSPS) is 29.0. The van der Waals surface area contributed by atoms with E-state index < -0.39 is 43.1 Å². The molecule has 1 fully saturated rings. The van der Waals surface area contributed by atoms with Crippen LogP contribution in [0, 0.1) is 0 Å². The monoisotopic (exact) mass is 432 g/mol. The van der Waals surface area contributed by atoms with Gasteiger partial charge in [-0.15, -0.1) is 0 Å². The van der Waals surface area contributed by atoms with Gasteiger partial charge in [-0.3, -0.25) is 4.79 Å². The highest BCUT2D eigenvalue weighted by Crippen LogP contribution is 2.36. The van der Waals surface area contributed by atoms with Crippen LogP contribution in [0.25, 0.3) is 6.08 Å². The lowest BCUT2D eigenvalue weighted by Crippen LogP contribution is -2.60. The van der Waals surface area contributed by atoms with Crippen molar-refractivity contribution < 1.29 is 49.6 Å². The number of hydrogen-bond acceptors (Lipinski definition) is 10. The number of ketones is 1. The van der Waals surface area contributed by atoms with Gasteiger partial charge in [0.05, 0.1) is 12.2 Å². The Balaban J connectivity index is 1.53. The number of allylic oxidation sites excluding steroid dienone is 1. The van der Waals surface area contributed by atoms with Gasteiger partial charge in [0.2, 0.25) is 12.1 Å². The summed E-state index contributed by atoms with van der Waals surface area (Å²) >= 11 is 0. The summed E-state index contributed by atoms with van der Waals surface area (Å²) in [4.78, 5) is 12.6. The van der Waals surface area contributed by atoms with Crippen LogP contribution in [0.15, 0.2) is 42.2 Å². The number of carbonyl (C=O) groups excluding carboxylic acids is 1. The van der Waals surface area contributed by atoms with Crippen molar-refractivity contribution in [2.45, 2.75) is 30.7 Å². The minimum atomic E-state index is -1.58. The summed E-state index contributed by atoms with van der Waals surface area (Å²) in [7, 11) is 0. The number of Topliss-reactive ketones (excluding diaryl/α,β-unsaturated/α-hetero) is 1. The standard InChI is InChI=1S/C21H20O10/c22-8-16-18(26)19(27)20(28)21(31-16)29-10-2-3-11-14(7-10)30-15(17(11)25)6-9-1-4-12(23)13(24)5-9/h1-7,16,18-24,26-28H,8H2/t16?,18-,19+,20?,21-/m1/s1. The third-order valence-corrected chi connectivity index (χ3v) is 5.04. The van der Waals surface area contributed by atoms with Gasteiger partial charge < -0.3 is 44.8 Å². The molecule has 10 nitrogen and oxygen atoms in total. The summed E-state index contributed by atoms with van der Waals surface area (Å²) in [6.45, 7) is -0.590. The van der Waals surface area contributed by atoms with Crippen LogP contribution >= 0.6 is 0 Å². The third-order valence-electron chi connectivity index (χ3n) is 5.04. The van der Waals surface area contributed by atoms with Crippen LogP contribution in [-0.2, 0) is 4.74 Å². The van der Waals surface area contributed by atoms with E-state index in [1.165, 1.54) is 42.5 Å². The number of ether oxygens (including phenoxy) is 3. The van der Waals surface area contributed by atoms with Gasteiger partial charge in [0.15, 0.2) is 17.3 Å². The maximum absolute atomic E-state index is 12.6. The molecule has 31 heavy (non-hydrogen) atoms. The first-order valence-corrected chi connectivity index (χ1v) is 9.36. The molecule has 10 heteroatoms. The fraction of sp³-hybridized carbons (Fsp3) is 0.286. The van der Waals surface area contributed by atoms with Crippen LogP contribution in [0.1, 0.15) is 15.9 Å². The number of aromatic hydroxyl groups is 2. The Labute approximate surface area is 175 Å².